The van der Waals surface area contributed by atoms with Gasteiger partial charge in [-0.25, -0.2) is 14.6 Å². The Morgan fingerprint density at radius 3 is 2.50 bits per heavy atom. The molecule has 0 aliphatic heterocycles. The second-order valence-electron chi connectivity index (χ2n) is 2.41. The van der Waals surface area contributed by atoms with Gasteiger partial charge in [-0.1, -0.05) is 6.58 Å². The van der Waals surface area contributed by atoms with Gasteiger partial charge in [-0.2, -0.15) is 6.42 Å². The van der Waals surface area contributed by atoms with Gasteiger partial charge in [-0.3, -0.25) is 0 Å². The van der Waals surface area contributed by atoms with E-state index >= 15 is 0 Å². The Labute approximate surface area is 98.3 Å². The molecule has 14 heavy (non-hydrogen) atoms. The third-order valence-corrected chi connectivity index (χ3v) is 1.06. The Morgan fingerprint density at radius 1 is 1.43 bits per heavy atom. The number of rotatable bonds is 7. The summed E-state index contributed by atoms with van der Waals surface area (Å²) < 4.78 is 10.5. The van der Waals surface area contributed by atoms with Crippen molar-refractivity contribution < 1.29 is 38.9 Å². The monoisotopic (exact) mass is 382 g/mol. The van der Waals surface area contributed by atoms with Crippen molar-refractivity contribution in [2.45, 2.75) is 13.3 Å². The third-order valence-electron chi connectivity index (χ3n) is 1.06. The first kappa shape index (κ1) is 13.8. The Balaban J connectivity index is 0. The molecule has 0 fully saturated rings. The Morgan fingerprint density at radius 2 is 2.00 bits per heavy atom. The van der Waals surface area contributed by atoms with Gasteiger partial charge in [0.15, 0.2) is 0 Å². The van der Waals surface area contributed by atoms with Gasteiger partial charge in [-0.05, 0) is 6.92 Å². The van der Waals surface area contributed by atoms with Crippen molar-refractivity contribution in [1.29, 1.82) is 0.816 Å². The first-order chi connectivity index (χ1) is 7.18. The van der Waals surface area contributed by atoms with E-state index in [4.69, 9.17) is 5.55 Å². The second-order valence-corrected chi connectivity index (χ2v) is 2.41. The van der Waals surface area contributed by atoms with Crippen LogP contribution in [0.15, 0.2) is 12.2 Å². The fourth-order valence-corrected chi connectivity index (χ4v) is 0.468. The Kier molecular flexibility index (Phi) is 10.7. The SMILES string of the molecule is C=C(C)C(=O)OCCOOCC[CH2-].[3H][Os]. The van der Waals surface area contributed by atoms with Crippen molar-refractivity contribution in [2.24, 2.45) is 0 Å². The summed E-state index contributed by atoms with van der Waals surface area (Å²) in [6, 6.07) is 0. The number of hydrogen-bond donors (Lipinski definition) is 0. The molecule has 0 aliphatic carbocycles. The van der Waals surface area contributed by atoms with E-state index in [-0.39, 0.29) is 13.2 Å². The van der Waals surface area contributed by atoms with E-state index < -0.39 is 5.97 Å². The zero-order valence-electron chi connectivity index (χ0n) is 9.23. The molecule has 5 heteroatoms. The maximum absolute atomic E-state index is 10.8. The van der Waals surface area contributed by atoms with E-state index in [1.807, 2.05) is 0 Å². The Bertz CT molecular complexity index is 175. The summed E-state index contributed by atoms with van der Waals surface area (Å²) in [5, 5.41) is 0. The molecule has 0 spiro atoms. The summed E-state index contributed by atoms with van der Waals surface area (Å²) in [7, 11) is 0. The summed E-state index contributed by atoms with van der Waals surface area (Å²) in [5.74, 6) is -0.416. The zero-order valence-corrected chi connectivity index (χ0v) is 10.8. The fraction of sp³-hybridized carbons (Fsp3) is 0.556. The average molecular weight is 380 g/mol. The van der Waals surface area contributed by atoms with Crippen molar-refractivity contribution in [3.05, 3.63) is 19.1 Å². The molecule has 0 saturated carbocycles. The first-order valence-corrected chi connectivity index (χ1v) is 4.04. The van der Waals surface area contributed by atoms with Crippen LogP contribution in [-0.2, 0) is 38.9 Å². The van der Waals surface area contributed by atoms with Crippen LogP contribution in [0.4, 0.5) is 0 Å². The van der Waals surface area contributed by atoms with Crippen LogP contribution in [0, 0.1) is 6.92 Å². The summed E-state index contributed by atoms with van der Waals surface area (Å²) in [4.78, 5) is 20.1. The van der Waals surface area contributed by atoms with Gasteiger partial charge in [0.05, 0.1) is 6.61 Å². The van der Waals surface area contributed by atoms with E-state index in [1.54, 1.807) is 6.92 Å². The van der Waals surface area contributed by atoms with Crippen molar-refractivity contribution in [3.63, 3.8) is 0 Å². The van der Waals surface area contributed by atoms with Crippen LogP contribution in [0.1, 0.15) is 13.3 Å². The Hall–Kier alpha value is -0.234. The molecule has 4 nitrogen and oxygen atoms in total. The molecule has 0 bridgehead atoms. The minimum absolute atomic E-state index is 0.169. The molecule has 0 radical (unpaired) electrons. The number of esters is 1. The normalized spacial score (nSPS) is 9.50. The molecule has 0 unspecified atom stereocenters. The van der Waals surface area contributed by atoms with Gasteiger partial charge in [-0.15, -0.1) is 0 Å². The van der Waals surface area contributed by atoms with Gasteiger partial charge in [0, 0.05) is 5.57 Å². The third kappa shape index (κ3) is 9.85. The predicted octanol–water partition coefficient (Wildman–Crippen LogP) is 1.01. The van der Waals surface area contributed by atoms with E-state index in [2.05, 4.69) is 23.3 Å². The molecule has 0 aliphatic rings. The molecule has 85 valence electrons. The van der Waals surface area contributed by atoms with E-state index in [0.29, 0.717) is 18.6 Å². The van der Waals surface area contributed by atoms with E-state index in [9.17, 15) is 4.79 Å². The van der Waals surface area contributed by atoms with Gasteiger partial charge in [0.2, 0.25) is 0 Å². The molecule has 0 heterocycles. The quantitative estimate of drug-likeness (QED) is 0.165. The first-order valence-electron chi connectivity index (χ1n) is 4.40. The number of carbonyl (C=O) groups is 1. The second kappa shape index (κ2) is 10.8. The molecule has 0 rings (SSSR count). The number of hydrogen-bond acceptors (Lipinski definition) is 4. The van der Waals surface area contributed by atoms with Crippen molar-refractivity contribution >= 4 is 5.97 Å². The summed E-state index contributed by atoms with van der Waals surface area (Å²) in [6.45, 7) is 9.40. The van der Waals surface area contributed by atoms with E-state index in [0.717, 1.165) is 19.6 Å². The molecular weight excluding hydrogens is 362 g/mol. The van der Waals surface area contributed by atoms with Crippen LogP contribution in [-0.4, -0.2) is 26.6 Å². The van der Waals surface area contributed by atoms with Crippen LogP contribution >= 0.6 is 0 Å². The zero-order chi connectivity index (χ0) is 12.1. The molecule has 0 aromatic carbocycles. The van der Waals surface area contributed by atoms with Gasteiger partial charge in [0.1, 0.15) is 13.2 Å². The molecular formula is C9H16O4Os-. The molecule has 0 N–H and O–H groups in total. The minimum atomic E-state index is -0.416. The van der Waals surface area contributed by atoms with Crippen molar-refractivity contribution in [3.8, 4) is 0 Å². The van der Waals surface area contributed by atoms with Crippen molar-refractivity contribution in [1.82, 2.24) is 0 Å². The van der Waals surface area contributed by atoms with Crippen LogP contribution in [0.3, 0.4) is 0 Å². The van der Waals surface area contributed by atoms with E-state index in [1.165, 1.54) is 0 Å². The molecule has 0 amide bonds. The molecule has 0 aromatic heterocycles. The van der Waals surface area contributed by atoms with Gasteiger partial charge < -0.3 is 11.7 Å². The maximum atomic E-state index is 10.8. The summed E-state index contributed by atoms with van der Waals surface area (Å²) >= 11 is 1.11. The van der Waals surface area contributed by atoms with Gasteiger partial charge >= 0.3 is 26.4 Å². The number of ether oxygens (including phenoxy) is 1. The summed E-state index contributed by atoms with van der Waals surface area (Å²) in [6.07, 6.45) is 0.644. The van der Waals surface area contributed by atoms with Crippen LogP contribution in [0.5, 0.6) is 0 Å². The molecule has 0 atom stereocenters. The molecule has 0 saturated heterocycles. The van der Waals surface area contributed by atoms with Crippen LogP contribution < -0.4 is 0 Å². The summed E-state index contributed by atoms with van der Waals surface area (Å²) in [5.41, 5.74) is 0.374. The van der Waals surface area contributed by atoms with Gasteiger partial charge in [0.25, 0.3) is 0 Å². The number of carbonyl (C=O) groups excluding carboxylic acids is 1. The van der Waals surface area contributed by atoms with Crippen molar-refractivity contribution in [2.75, 3.05) is 19.8 Å². The topological polar surface area (TPSA) is 44.8 Å². The average Bonchev–Trinajstić information content (AvgIpc) is 2.25. The fourth-order valence-electron chi connectivity index (χ4n) is 0.468. The predicted molar refractivity (Wildman–Crippen MR) is 49.0 cm³/mol. The standard InChI is InChI=1S/C9H15O4.Os.H/c1-4-5-12-13-7-6-11-9(10)8(2)3;;/h1-2,4-7H2,3H3;;/q-1;;/i;;1+2. The van der Waals surface area contributed by atoms with Crippen LogP contribution in [0.25, 0.3) is 0 Å². The molecule has 0 aromatic rings. The van der Waals surface area contributed by atoms with Crippen LogP contribution in [0.2, 0.25) is 0 Å².